The van der Waals surface area contributed by atoms with Crippen molar-refractivity contribution in [1.29, 1.82) is 0 Å². The fourth-order valence-electron chi connectivity index (χ4n) is 5.55. The van der Waals surface area contributed by atoms with Crippen LogP contribution in [0.3, 0.4) is 0 Å². The molecule has 1 aliphatic carbocycles. The van der Waals surface area contributed by atoms with Crippen LogP contribution in [0.15, 0.2) is 60.9 Å². The van der Waals surface area contributed by atoms with Gasteiger partial charge in [0.2, 0.25) is 0 Å². The maximum atomic E-state index is 12.5. The summed E-state index contributed by atoms with van der Waals surface area (Å²) < 4.78 is 2.20. The first-order chi connectivity index (χ1) is 18.4. The van der Waals surface area contributed by atoms with Gasteiger partial charge in [0.1, 0.15) is 11.5 Å². The van der Waals surface area contributed by atoms with Crippen LogP contribution in [0.1, 0.15) is 52.4 Å². The number of nitrogens with zero attached hydrogens (tertiary/aromatic N) is 5. The fraction of sp³-hybridized carbons (Fsp3) is 0.323. The second kappa shape index (κ2) is 9.72. The van der Waals surface area contributed by atoms with Crippen molar-refractivity contribution < 1.29 is 4.79 Å². The lowest BCUT2D eigenvalue weighted by Gasteiger charge is -2.27. The summed E-state index contributed by atoms with van der Waals surface area (Å²) in [6, 6.07) is 14.5. The zero-order chi connectivity index (χ0) is 26.4. The van der Waals surface area contributed by atoms with Crippen LogP contribution in [0.4, 0.5) is 5.82 Å². The molecule has 1 fully saturated rings. The third kappa shape index (κ3) is 4.58. The molecule has 0 unspecified atom stereocenters. The van der Waals surface area contributed by atoms with Gasteiger partial charge in [0.15, 0.2) is 0 Å². The lowest BCUT2D eigenvalue weighted by Crippen LogP contribution is -2.29. The molecule has 2 aliphatic rings. The van der Waals surface area contributed by atoms with E-state index in [9.17, 15) is 4.79 Å². The second-order valence-corrected chi connectivity index (χ2v) is 10.8. The second-order valence-electron chi connectivity index (χ2n) is 10.8. The number of rotatable bonds is 6. The van der Waals surface area contributed by atoms with Gasteiger partial charge in [-0.2, -0.15) is 0 Å². The first-order valence-corrected chi connectivity index (χ1v) is 13.3. The number of fused-ring (bicyclic) bond motifs is 1. The highest BCUT2D eigenvalue weighted by Crippen LogP contribution is 2.44. The highest BCUT2D eigenvalue weighted by Gasteiger charge is 2.29. The van der Waals surface area contributed by atoms with Gasteiger partial charge in [-0.05, 0) is 83.8 Å². The quantitative estimate of drug-likeness (QED) is 0.394. The number of pyridine rings is 2. The Labute approximate surface area is 223 Å². The van der Waals surface area contributed by atoms with E-state index < -0.39 is 0 Å². The first-order valence-electron chi connectivity index (χ1n) is 13.3. The molecule has 4 heterocycles. The third-order valence-corrected chi connectivity index (χ3v) is 7.87. The van der Waals surface area contributed by atoms with Crippen LogP contribution in [0.5, 0.6) is 0 Å². The molecule has 6 rings (SSSR count). The molecule has 1 aromatic carbocycles. The zero-order valence-electron chi connectivity index (χ0n) is 22.3. The molecule has 0 atom stereocenters. The molecular weight excluding hydrogens is 472 g/mol. The Kier molecular flexibility index (Phi) is 6.24. The lowest BCUT2D eigenvalue weighted by atomic mass is 9.91. The summed E-state index contributed by atoms with van der Waals surface area (Å²) in [5, 5.41) is 1.13. The summed E-state index contributed by atoms with van der Waals surface area (Å²) in [6.45, 7) is 2.77. The normalized spacial score (nSPS) is 16.0. The number of carbonyl (C=O) groups is 1. The fourth-order valence-corrected chi connectivity index (χ4v) is 5.55. The number of carbonyl (C=O) groups excluding carboxylic acids is 1. The van der Waals surface area contributed by atoms with Crippen LogP contribution >= 0.6 is 0 Å². The molecule has 0 saturated heterocycles. The van der Waals surface area contributed by atoms with E-state index in [1.54, 1.807) is 4.90 Å². The minimum Gasteiger partial charge on any atom is -0.384 e. The first kappa shape index (κ1) is 24.4. The Bertz CT molecular complexity index is 1540. The van der Waals surface area contributed by atoms with Crippen LogP contribution in [0, 0.1) is 0 Å². The van der Waals surface area contributed by atoms with E-state index in [0.29, 0.717) is 11.7 Å². The van der Waals surface area contributed by atoms with Crippen LogP contribution in [0.25, 0.3) is 27.7 Å². The van der Waals surface area contributed by atoms with E-state index in [1.165, 1.54) is 35.2 Å². The average Bonchev–Trinajstić information content (AvgIpc) is 3.73. The predicted octanol–water partition coefficient (Wildman–Crippen LogP) is 5.09. The highest BCUT2D eigenvalue weighted by molar-refractivity contribution is 5.95. The van der Waals surface area contributed by atoms with Crippen LogP contribution in [0.2, 0.25) is 0 Å². The number of nitrogen functional groups attached to an aromatic ring is 1. The van der Waals surface area contributed by atoms with Crippen molar-refractivity contribution in [3.63, 3.8) is 0 Å². The predicted molar refractivity (Wildman–Crippen MR) is 153 cm³/mol. The molecule has 4 aromatic rings. The van der Waals surface area contributed by atoms with Crippen molar-refractivity contribution in [2.24, 2.45) is 7.05 Å². The lowest BCUT2D eigenvalue weighted by molar-refractivity contribution is 0.0827. The molecule has 38 heavy (non-hydrogen) atoms. The minimum absolute atomic E-state index is 0.0718. The Morgan fingerprint density at radius 3 is 2.61 bits per heavy atom. The van der Waals surface area contributed by atoms with Gasteiger partial charge >= 0.3 is 0 Å². The molecule has 1 amide bonds. The molecule has 0 radical (unpaired) electrons. The number of benzene rings is 1. The summed E-state index contributed by atoms with van der Waals surface area (Å²) in [5.74, 6) is 1.18. The molecule has 0 spiro atoms. The van der Waals surface area contributed by atoms with Gasteiger partial charge in [-0.25, -0.2) is 9.97 Å². The molecular formula is C31H34N6O. The molecule has 194 valence electrons. The molecule has 3 aromatic heterocycles. The van der Waals surface area contributed by atoms with Crippen LogP contribution in [-0.4, -0.2) is 57.4 Å². The molecule has 2 N–H and O–H groups in total. The highest BCUT2D eigenvalue weighted by atomic mass is 16.2. The standard InChI is InChI=1S/C31H34N6O/c1-35(2)31(38)22-6-8-25(27(16-22)20-4-5-20)21-11-14-37(15-12-21)19-24-17-28-26(10-13-33-30(28)36(24)3)23-7-9-29(32)34-18-23/h6-11,13,16-18,20H,4-5,12,14-15,19H2,1-3H3,(H2,32,34). The van der Waals surface area contributed by atoms with Crippen LogP contribution < -0.4 is 5.73 Å². The van der Waals surface area contributed by atoms with E-state index in [2.05, 4.69) is 50.8 Å². The van der Waals surface area contributed by atoms with E-state index >= 15 is 0 Å². The SMILES string of the molecule is CN(C)C(=O)c1ccc(C2=CCN(Cc3cc4c(-c5ccc(N)nc5)ccnc4n3C)CC2)c(C2CC2)c1. The van der Waals surface area contributed by atoms with Gasteiger partial charge in [-0.1, -0.05) is 12.1 Å². The van der Waals surface area contributed by atoms with Crippen molar-refractivity contribution in [2.75, 3.05) is 32.9 Å². The summed E-state index contributed by atoms with van der Waals surface area (Å²) in [4.78, 5) is 25.6. The van der Waals surface area contributed by atoms with Gasteiger partial charge in [0.05, 0.1) is 0 Å². The monoisotopic (exact) mass is 506 g/mol. The molecule has 1 saturated carbocycles. The maximum Gasteiger partial charge on any atom is 0.253 e. The summed E-state index contributed by atoms with van der Waals surface area (Å²) in [6.07, 6.45) is 9.51. The maximum absolute atomic E-state index is 12.5. The smallest absolute Gasteiger partial charge is 0.253 e. The van der Waals surface area contributed by atoms with Gasteiger partial charge in [0, 0.05) is 75.4 Å². The number of hydrogen-bond acceptors (Lipinski definition) is 5. The Morgan fingerprint density at radius 1 is 1.08 bits per heavy atom. The number of hydrogen-bond donors (Lipinski definition) is 1. The van der Waals surface area contributed by atoms with Gasteiger partial charge in [0.25, 0.3) is 5.91 Å². The van der Waals surface area contributed by atoms with Crippen molar-refractivity contribution in [1.82, 2.24) is 24.3 Å². The Morgan fingerprint density at radius 2 is 1.92 bits per heavy atom. The van der Waals surface area contributed by atoms with E-state index in [4.69, 9.17) is 5.73 Å². The Balaban J connectivity index is 1.23. The zero-order valence-corrected chi connectivity index (χ0v) is 22.3. The van der Waals surface area contributed by atoms with Gasteiger partial charge in [-0.15, -0.1) is 0 Å². The van der Waals surface area contributed by atoms with E-state index in [-0.39, 0.29) is 5.91 Å². The largest absolute Gasteiger partial charge is 0.384 e. The molecule has 0 bridgehead atoms. The van der Waals surface area contributed by atoms with E-state index in [1.807, 2.05) is 50.8 Å². The van der Waals surface area contributed by atoms with Crippen molar-refractivity contribution in [3.05, 3.63) is 83.3 Å². The van der Waals surface area contributed by atoms with Gasteiger partial charge in [-0.3, -0.25) is 9.69 Å². The topological polar surface area (TPSA) is 80.3 Å². The molecule has 1 aliphatic heterocycles. The number of aromatic nitrogens is 3. The third-order valence-electron chi connectivity index (χ3n) is 7.87. The van der Waals surface area contributed by atoms with Crippen molar-refractivity contribution in [3.8, 4) is 11.1 Å². The summed E-state index contributed by atoms with van der Waals surface area (Å²) in [5.41, 5.74) is 15.1. The number of anilines is 1. The number of nitrogens with two attached hydrogens (primary N) is 1. The summed E-state index contributed by atoms with van der Waals surface area (Å²) in [7, 11) is 5.72. The number of amides is 1. The van der Waals surface area contributed by atoms with Crippen LogP contribution in [-0.2, 0) is 13.6 Å². The van der Waals surface area contributed by atoms with E-state index in [0.717, 1.165) is 53.8 Å². The van der Waals surface area contributed by atoms with Crippen molar-refractivity contribution >= 4 is 28.3 Å². The van der Waals surface area contributed by atoms with Crippen molar-refractivity contribution in [2.45, 2.75) is 31.7 Å². The Hall–Kier alpha value is -3.97. The number of aryl methyl sites for hydroxylation is 1. The molecule has 7 heteroatoms. The molecule has 7 nitrogen and oxygen atoms in total. The minimum atomic E-state index is 0.0718. The summed E-state index contributed by atoms with van der Waals surface area (Å²) >= 11 is 0. The van der Waals surface area contributed by atoms with Gasteiger partial charge < -0.3 is 15.2 Å². The average molecular weight is 507 g/mol.